The third-order valence-electron chi connectivity index (χ3n) is 2.44. The van der Waals surface area contributed by atoms with Crippen LogP contribution in [0.5, 0.6) is 0 Å². The van der Waals surface area contributed by atoms with Crippen LogP contribution in [0, 0.1) is 17.0 Å². The summed E-state index contributed by atoms with van der Waals surface area (Å²) in [7, 11) is 0. The van der Waals surface area contributed by atoms with E-state index in [9.17, 15) is 19.7 Å². The Kier molecular flexibility index (Phi) is 5.45. The monoisotopic (exact) mass is 281 g/mol. The molecule has 0 aliphatic heterocycles. The van der Waals surface area contributed by atoms with Gasteiger partial charge in [-0.2, -0.15) is 0 Å². The maximum atomic E-state index is 11.6. The van der Waals surface area contributed by atoms with Gasteiger partial charge in [-0.3, -0.25) is 14.9 Å². The first kappa shape index (κ1) is 15.4. The molecule has 1 aromatic rings. The van der Waals surface area contributed by atoms with Gasteiger partial charge >= 0.3 is 12.0 Å². The summed E-state index contributed by atoms with van der Waals surface area (Å²) < 4.78 is 4.65. The van der Waals surface area contributed by atoms with Crippen molar-refractivity contribution in [2.45, 2.75) is 13.8 Å². The molecule has 0 fully saturated rings. The number of hydrogen-bond donors (Lipinski definition) is 2. The minimum absolute atomic E-state index is 0.0661. The number of hydrogen-bond acceptors (Lipinski definition) is 5. The van der Waals surface area contributed by atoms with Gasteiger partial charge in [0.1, 0.15) is 6.61 Å². The number of amides is 2. The average molecular weight is 281 g/mol. The van der Waals surface area contributed by atoms with Crippen LogP contribution in [0.1, 0.15) is 12.5 Å². The van der Waals surface area contributed by atoms with Crippen molar-refractivity contribution in [2.24, 2.45) is 0 Å². The van der Waals surface area contributed by atoms with Gasteiger partial charge in [-0.05, 0) is 13.0 Å². The summed E-state index contributed by atoms with van der Waals surface area (Å²) in [5.74, 6) is -0.429. The number of nitrogens with one attached hydrogen (secondary N) is 2. The molecule has 0 aliphatic carbocycles. The molecule has 0 bridgehead atoms. The summed E-state index contributed by atoms with van der Waals surface area (Å²) in [4.78, 5) is 32.3. The third kappa shape index (κ3) is 4.56. The molecule has 0 aromatic heterocycles. The van der Waals surface area contributed by atoms with Gasteiger partial charge in [-0.25, -0.2) is 4.79 Å². The molecule has 0 saturated carbocycles. The summed E-state index contributed by atoms with van der Waals surface area (Å²) in [6, 6.07) is 3.88. The lowest BCUT2D eigenvalue weighted by molar-refractivity contribution is -0.385. The van der Waals surface area contributed by atoms with E-state index in [2.05, 4.69) is 15.4 Å². The van der Waals surface area contributed by atoms with Gasteiger partial charge in [0.2, 0.25) is 0 Å². The molecule has 0 aliphatic rings. The molecule has 0 radical (unpaired) electrons. The van der Waals surface area contributed by atoms with Crippen molar-refractivity contribution in [3.05, 3.63) is 33.9 Å². The molecule has 0 spiro atoms. The molecular formula is C12H15N3O5. The van der Waals surface area contributed by atoms with Gasteiger partial charge < -0.3 is 15.4 Å². The standard InChI is InChI=1S/C12H15N3O5/c1-8-10(4-3-5-11(8)15(18)19)14-12(17)13-6-7-20-9(2)16/h3-5H,6-7H2,1-2H3,(H2,13,14,17). The van der Waals surface area contributed by atoms with Crippen LogP contribution in [-0.4, -0.2) is 30.1 Å². The predicted molar refractivity (Wildman–Crippen MR) is 71.5 cm³/mol. The Hall–Kier alpha value is -2.64. The number of esters is 1. The van der Waals surface area contributed by atoms with Gasteiger partial charge in [0.15, 0.2) is 0 Å². The number of nitro benzene ring substituents is 1. The van der Waals surface area contributed by atoms with E-state index in [4.69, 9.17) is 0 Å². The van der Waals surface area contributed by atoms with E-state index in [1.54, 1.807) is 13.0 Å². The van der Waals surface area contributed by atoms with Crippen LogP contribution in [0.2, 0.25) is 0 Å². The maximum absolute atomic E-state index is 11.6. The molecule has 0 atom stereocenters. The SMILES string of the molecule is CC(=O)OCCNC(=O)Nc1cccc([N+](=O)[O-])c1C. The average Bonchev–Trinajstić information content (AvgIpc) is 2.36. The lowest BCUT2D eigenvalue weighted by Crippen LogP contribution is -2.32. The number of carbonyl (C=O) groups excluding carboxylic acids is 2. The van der Waals surface area contributed by atoms with Crippen LogP contribution >= 0.6 is 0 Å². The van der Waals surface area contributed by atoms with Crippen molar-refractivity contribution in [1.82, 2.24) is 5.32 Å². The van der Waals surface area contributed by atoms with Crippen LogP contribution in [0.3, 0.4) is 0 Å². The zero-order chi connectivity index (χ0) is 15.1. The number of anilines is 1. The quantitative estimate of drug-likeness (QED) is 0.368. The first-order valence-electron chi connectivity index (χ1n) is 5.84. The minimum atomic E-state index is -0.527. The first-order valence-corrected chi connectivity index (χ1v) is 5.84. The molecule has 2 amide bonds. The number of nitro groups is 1. The molecule has 8 heteroatoms. The van der Waals surface area contributed by atoms with Crippen LogP contribution in [0.25, 0.3) is 0 Å². The molecule has 8 nitrogen and oxygen atoms in total. The Labute approximate surface area is 115 Å². The Balaban J connectivity index is 2.56. The highest BCUT2D eigenvalue weighted by molar-refractivity contribution is 5.90. The summed E-state index contributed by atoms with van der Waals surface area (Å²) >= 11 is 0. The van der Waals surface area contributed by atoms with Gasteiger partial charge in [0.25, 0.3) is 5.69 Å². The van der Waals surface area contributed by atoms with Crippen molar-refractivity contribution in [3.8, 4) is 0 Å². The Morgan fingerprint density at radius 2 is 2.10 bits per heavy atom. The fraction of sp³-hybridized carbons (Fsp3) is 0.333. The van der Waals surface area contributed by atoms with Gasteiger partial charge in [0.05, 0.1) is 22.7 Å². The summed E-state index contributed by atoms with van der Waals surface area (Å²) in [6.45, 7) is 3.04. The molecule has 0 saturated heterocycles. The fourth-order valence-electron chi connectivity index (χ4n) is 1.48. The molecule has 108 valence electrons. The number of rotatable bonds is 5. The van der Waals surface area contributed by atoms with Crippen molar-refractivity contribution < 1.29 is 19.2 Å². The Morgan fingerprint density at radius 1 is 1.40 bits per heavy atom. The number of carbonyl (C=O) groups is 2. The van der Waals surface area contributed by atoms with E-state index in [1.807, 2.05) is 0 Å². The zero-order valence-electron chi connectivity index (χ0n) is 11.1. The lowest BCUT2D eigenvalue weighted by atomic mass is 10.1. The van der Waals surface area contributed by atoms with Gasteiger partial charge in [0, 0.05) is 13.0 Å². The molecule has 0 unspecified atom stereocenters. The number of benzene rings is 1. The maximum Gasteiger partial charge on any atom is 0.319 e. The lowest BCUT2D eigenvalue weighted by Gasteiger charge is -2.09. The highest BCUT2D eigenvalue weighted by Gasteiger charge is 2.14. The fourth-order valence-corrected chi connectivity index (χ4v) is 1.48. The Bertz CT molecular complexity index is 530. The van der Waals surface area contributed by atoms with E-state index < -0.39 is 16.9 Å². The van der Waals surface area contributed by atoms with E-state index in [0.717, 1.165) is 0 Å². The summed E-state index contributed by atoms with van der Waals surface area (Å²) in [6.07, 6.45) is 0. The normalized spacial score (nSPS) is 9.70. The van der Waals surface area contributed by atoms with Crippen molar-refractivity contribution in [2.75, 3.05) is 18.5 Å². The smallest absolute Gasteiger partial charge is 0.319 e. The van der Waals surface area contributed by atoms with Crippen molar-refractivity contribution >= 4 is 23.4 Å². The zero-order valence-corrected chi connectivity index (χ0v) is 11.1. The van der Waals surface area contributed by atoms with Crippen LogP contribution < -0.4 is 10.6 Å². The largest absolute Gasteiger partial charge is 0.464 e. The molecular weight excluding hydrogens is 266 g/mol. The van der Waals surface area contributed by atoms with E-state index in [1.165, 1.54) is 19.1 Å². The molecule has 1 rings (SSSR count). The van der Waals surface area contributed by atoms with E-state index >= 15 is 0 Å². The number of nitrogens with zero attached hydrogens (tertiary/aromatic N) is 1. The first-order chi connectivity index (χ1) is 9.41. The van der Waals surface area contributed by atoms with Crippen LogP contribution in [0.15, 0.2) is 18.2 Å². The van der Waals surface area contributed by atoms with E-state index in [-0.39, 0.29) is 18.8 Å². The van der Waals surface area contributed by atoms with Crippen molar-refractivity contribution in [1.29, 1.82) is 0 Å². The second-order valence-electron chi connectivity index (χ2n) is 3.93. The predicted octanol–water partition coefficient (Wildman–Crippen LogP) is 1.59. The summed E-state index contributed by atoms with van der Waals surface area (Å²) in [5, 5.41) is 15.7. The van der Waals surface area contributed by atoms with Gasteiger partial charge in [-0.1, -0.05) is 6.07 Å². The highest BCUT2D eigenvalue weighted by Crippen LogP contribution is 2.24. The number of ether oxygens (including phenoxy) is 1. The number of urea groups is 1. The molecule has 20 heavy (non-hydrogen) atoms. The van der Waals surface area contributed by atoms with Crippen molar-refractivity contribution in [3.63, 3.8) is 0 Å². The molecule has 2 N–H and O–H groups in total. The third-order valence-corrected chi connectivity index (χ3v) is 2.44. The second-order valence-corrected chi connectivity index (χ2v) is 3.93. The second kappa shape index (κ2) is 7.07. The summed E-state index contributed by atoms with van der Waals surface area (Å²) in [5.41, 5.74) is 0.652. The van der Waals surface area contributed by atoms with Gasteiger partial charge in [-0.15, -0.1) is 0 Å². The Morgan fingerprint density at radius 3 is 2.70 bits per heavy atom. The topological polar surface area (TPSA) is 111 Å². The van der Waals surface area contributed by atoms with Crippen LogP contribution in [-0.2, 0) is 9.53 Å². The highest BCUT2D eigenvalue weighted by atomic mass is 16.6. The van der Waals surface area contributed by atoms with Crippen LogP contribution in [0.4, 0.5) is 16.2 Å². The minimum Gasteiger partial charge on any atom is -0.464 e. The van der Waals surface area contributed by atoms with E-state index in [0.29, 0.717) is 11.3 Å². The molecule has 0 heterocycles. The molecule has 1 aromatic carbocycles.